The zero-order chi connectivity index (χ0) is 21.1. The molecule has 1 N–H and O–H groups in total. The molecular formula is C22H22BrFN4O2. The third kappa shape index (κ3) is 4.94. The Hall–Kier alpha value is -2.58. The van der Waals surface area contributed by atoms with Crippen LogP contribution in [0.5, 0.6) is 0 Å². The molecule has 1 saturated heterocycles. The molecule has 1 aliphatic rings. The first kappa shape index (κ1) is 20.7. The number of benzene rings is 2. The molecule has 3 aromatic rings. The number of likely N-dealkylation sites (tertiary alicyclic amines) is 1. The maximum atomic E-state index is 13.5. The van der Waals surface area contributed by atoms with Gasteiger partial charge in [-0.15, -0.1) is 0 Å². The number of carbonyl (C=O) groups is 1. The SMILES string of the molecule is Cc1cc(Br)ccc1NC(=O)CN1CCCC(c2nc(-c3cccc(F)c3)no2)C1. The molecule has 1 atom stereocenters. The monoisotopic (exact) mass is 472 g/mol. The van der Waals surface area contributed by atoms with E-state index in [1.165, 1.54) is 12.1 Å². The van der Waals surface area contributed by atoms with Gasteiger partial charge in [-0.25, -0.2) is 4.39 Å². The number of nitrogens with zero attached hydrogens (tertiary/aromatic N) is 3. The van der Waals surface area contributed by atoms with Gasteiger partial charge in [0.2, 0.25) is 17.6 Å². The molecule has 2 aromatic carbocycles. The van der Waals surface area contributed by atoms with Crippen molar-refractivity contribution in [2.24, 2.45) is 0 Å². The molecule has 1 aliphatic heterocycles. The molecule has 30 heavy (non-hydrogen) atoms. The van der Waals surface area contributed by atoms with E-state index in [1.807, 2.05) is 25.1 Å². The van der Waals surface area contributed by atoms with E-state index in [-0.39, 0.29) is 17.6 Å². The van der Waals surface area contributed by atoms with Gasteiger partial charge in [-0.1, -0.05) is 33.2 Å². The Kier molecular flexibility index (Phi) is 6.24. The van der Waals surface area contributed by atoms with E-state index in [2.05, 4.69) is 36.3 Å². The topological polar surface area (TPSA) is 71.3 Å². The number of aryl methyl sites for hydroxylation is 1. The summed E-state index contributed by atoms with van der Waals surface area (Å²) >= 11 is 3.43. The Morgan fingerprint density at radius 1 is 1.33 bits per heavy atom. The lowest BCUT2D eigenvalue weighted by Gasteiger charge is -2.30. The molecule has 0 aliphatic carbocycles. The smallest absolute Gasteiger partial charge is 0.238 e. The average Bonchev–Trinajstić information content (AvgIpc) is 3.21. The van der Waals surface area contributed by atoms with E-state index in [4.69, 9.17) is 4.52 Å². The zero-order valence-electron chi connectivity index (χ0n) is 16.6. The minimum Gasteiger partial charge on any atom is -0.339 e. The number of halogens is 2. The average molecular weight is 473 g/mol. The minimum atomic E-state index is -0.338. The highest BCUT2D eigenvalue weighted by molar-refractivity contribution is 9.10. The van der Waals surface area contributed by atoms with Crippen LogP contribution in [0.3, 0.4) is 0 Å². The van der Waals surface area contributed by atoms with Crippen molar-refractivity contribution in [1.82, 2.24) is 15.0 Å². The van der Waals surface area contributed by atoms with Gasteiger partial charge in [0.15, 0.2) is 0 Å². The summed E-state index contributed by atoms with van der Waals surface area (Å²) in [5.41, 5.74) is 2.40. The molecule has 1 fully saturated rings. The molecule has 0 spiro atoms. The highest BCUT2D eigenvalue weighted by atomic mass is 79.9. The fourth-order valence-electron chi connectivity index (χ4n) is 3.71. The van der Waals surface area contributed by atoms with Crippen LogP contribution in [0.1, 0.15) is 30.2 Å². The number of carbonyl (C=O) groups excluding carboxylic acids is 1. The molecule has 6 nitrogen and oxygen atoms in total. The van der Waals surface area contributed by atoms with Crippen LogP contribution in [-0.2, 0) is 4.79 Å². The highest BCUT2D eigenvalue weighted by Crippen LogP contribution is 2.28. The highest BCUT2D eigenvalue weighted by Gasteiger charge is 2.27. The molecule has 1 unspecified atom stereocenters. The third-order valence-corrected chi connectivity index (χ3v) is 5.70. The van der Waals surface area contributed by atoms with Gasteiger partial charge in [0.1, 0.15) is 5.82 Å². The van der Waals surface area contributed by atoms with Crippen molar-refractivity contribution in [3.63, 3.8) is 0 Å². The molecular weight excluding hydrogens is 451 g/mol. The van der Waals surface area contributed by atoms with Crippen LogP contribution in [0.2, 0.25) is 0 Å². The number of aromatic nitrogens is 2. The van der Waals surface area contributed by atoms with E-state index in [0.717, 1.165) is 35.1 Å². The Morgan fingerprint density at radius 2 is 2.20 bits per heavy atom. The number of hydrogen-bond donors (Lipinski definition) is 1. The van der Waals surface area contributed by atoms with E-state index < -0.39 is 0 Å². The Balaban J connectivity index is 1.38. The summed E-state index contributed by atoms with van der Waals surface area (Å²) in [5.74, 6) is 0.575. The second kappa shape index (κ2) is 9.06. The number of hydrogen-bond acceptors (Lipinski definition) is 5. The summed E-state index contributed by atoms with van der Waals surface area (Å²) in [6, 6.07) is 11.9. The zero-order valence-corrected chi connectivity index (χ0v) is 18.2. The first-order valence-corrected chi connectivity index (χ1v) is 10.6. The molecule has 2 heterocycles. The standard InChI is InChI=1S/C22H22BrFN4O2/c1-14-10-17(23)7-8-19(14)25-20(29)13-28-9-3-5-16(12-28)22-26-21(27-30-22)15-4-2-6-18(24)11-15/h2,4,6-8,10-11,16H,3,5,9,12-13H2,1H3,(H,25,29). The quantitative estimate of drug-likeness (QED) is 0.579. The minimum absolute atomic E-state index is 0.0490. The van der Waals surface area contributed by atoms with Crippen molar-refractivity contribution in [2.75, 3.05) is 25.0 Å². The van der Waals surface area contributed by atoms with Crippen molar-refractivity contribution < 1.29 is 13.7 Å². The van der Waals surface area contributed by atoms with Crippen molar-refractivity contribution in [3.05, 3.63) is 64.2 Å². The van der Waals surface area contributed by atoms with Gasteiger partial charge in [0, 0.05) is 22.3 Å². The largest absolute Gasteiger partial charge is 0.339 e. The predicted molar refractivity (Wildman–Crippen MR) is 116 cm³/mol. The molecule has 1 aromatic heterocycles. The van der Waals surface area contributed by atoms with Gasteiger partial charge in [-0.05, 0) is 62.2 Å². The van der Waals surface area contributed by atoms with Crippen LogP contribution in [0.25, 0.3) is 11.4 Å². The van der Waals surface area contributed by atoms with Crippen molar-refractivity contribution in [1.29, 1.82) is 0 Å². The van der Waals surface area contributed by atoms with Gasteiger partial charge in [0.05, 0.1) is 12.5 Å². The summed E-state index contributed by atoms with van der Waals surface area (Å²) in [7, 11) is 0. The van der Waals surface area contributed by atoms with Crippen LogP contribution in [0.4, 0.5) is 10.1 Å². The lowest BCUT2D eigenvalue weighted by atomic mass is 9.98. The normalized spacial score (nSPS) is 17.1. The summed E-state index contributed by atoms with van der Waals surface area (Å²) < 4.78 is 19.9. The summed E-state index contributed by atoms with van der Waals surface area (Å²) in [5, 5.41) is 6.99. The maximum Gasteiger partial charge on any atom is 0.238 e. The van der Waals surface area contributed by atoms with Gasteiger partial charge < -0.3 is 9.84 Å². The van der Waals surface area contributed by atoms with Crippen molar-refractivity contribution >= 4 is 27.5 Å². The lowest BCUT2D eigenvalue weighted by molar-refractivity contribution is -0.117. The second-order valence-electron chi connectivity index (χ2n) is 7.55. The Labute approximate surface area is 182 Å². The first-order valence-electron chi connectivity index (χ1n) is 9.86. The maximum absolute atomic E-state index is 13.5. The van der Waals surface area contributed by atoms with Crippen LogP contribution in [0.15, 0.2) is 51.5 Å². The number of nitrogens with one attached hydrogen (secondary N) is 1. The second-order valence-corrected chi connectivity index (χ2v) is 8.46. The van der Waals surface area contributed by atoms with Crippen LogP contribution in [0, 0.1) is 12.7 Å². The first-order chi connectivity index (χ1) is 14.5. The molecule has 0 saturated carbocycles. The van der Waals surface area contributed by atoms with Crippen LogP contribution >= 0.6 is 15.9 Å². The molecule has 8 heteroatoms. The fourth-order valence-corrected chi connectivity index (χ4v) is 4.18. The number of anilines is 1. The van der Waals surface area contributed by atoms with E-state index in [1.54, 1.807) is 12.1 Å². The molecule has 156 valence electrons. The van der Waals surface area contributed by atoms with Crippen molar-refractivity contribution in [3.8, 4) is 11.4 Å². The molecule has 1 amide bonds. The van der Waals surface area contributed by atoms with Crippen LogP contribution < -0.4 is 5.32 Å². The number of amides is 1. The fraction of sp³-hybridized carbons (Fsp3) is 0.318. The Bertz CT molecular complexity index is 1060. The van der Waals surface area contributed by atoms with Crippen molar-refractivity contribution in [2.45, 2.75) is 25.7 Å². The molecule has 0 bridgehead atoms. The van der Waals surface area contributed by atoms with Gasteiger partial charge >= 0.3 is 0 Å². The summed E-state index contributed by atoms with van der Waals surface area (Å²) in [6.45, 7) is 3.77. The van der Waals surface area contributed by atoms with E-state index in [0.29, 0.717) is 30.4 Å². The summed E-state index contributed by atoms with van der Waals surface area (Å²) in [4.78, 5) is 19.1. The number of rotatable bonds is 5. The third-order valence-electron chi connectivity index (χ3n) is 5.21. The predicted octanol–water partition coefficient (Wildman–Crippen LogP) is 4.76. The van der Waals surface area contributed by atoms with Gasteiger partial charge in [-0.2, -0.15) is 4.98 Å². The van der Waals surface area contributed by atoms with Crippen LogP contribution in [-0.4, -0.2) is 40.6 Å². The lowest BCUT2D eigenvalue weighted by Crippen LogP contribution is -2.39. The molecule has 4 rings (SSSR count). The van der Waals surface area contributed by atoms with Gasteiger partial charge in [-0.3, -0.25) is 9.69 Å². The van der Waals surface area contributed by atoms with E-state index in [9.17, 15) is 9.18 Å². The van der Waals surface area contributed by atoms with Gasteiger partial charge in [0.25, 0.3) is 0 Å². The van der Waals surface area contributed by atoms with E-state index >= 15 is 0 Å². The molecule has 0 radical (unpaired) electrons. The number of piperidine rings is 1. The Morgan fingerprint density at radius 3 is 3.00 bits per heavy atom. The summed E-state index contributed by atoms with van der Waals surface area (Å²) in [6.07, 6.45) is 1.85.